The van der Waals surface area contributed by atoms with Crippen LogP contribution in [0.25, 0.3) is 0 Å². The highest BCUT2D eigenvalue weighted by atomic mass is 32.2. The fraction of sp³-hybridized carbons (Fsp3) is 0.250. The number of rotatable bonds is 2. The van der Waals surface area contributed by atoms with E-state index >= 15 is 0 Å². The summed E-state index contributed by atoms with van der Waals surface area (Å²) in [4.78, 5) is 0.184. The molecule has 0 bridgehead atoms. The monoisotopic (exact) mass is 278 g/mol. The Labute approximate surface area is 111 Å². The summed E-state index contributed by atoms with van der Waals surface area (Å²) in [6.07, 6.45) is 2.73. The number of aromatic nitrogens is 2. The van der Waals surface area contributed by atoms with E-state index in [9.17, 15) is 8.42 Å². The molecule has 2 heterocycles. The van der Waals surface area contributed by atoms with E-state index in [1.54, 1.807) is 0 Å². The maximum atomic E-state index is 12.6. The van der Waals surface area contributed by atoms with Gasteiger partial charge >= 0.3 is 0 Å². The van der Waals surface area contributed by atoms with Crippen LogP contribution in [0.3, 0.4) is 0 Å². The zero-order valence-corrected chi connectivity index (χ0v) is 11.0. The smallest absolute Gasteiger partial charge is 0.267 e. The second-order valence-corrected chi connectivity index (χ2v) is 6.18. The van der Waals surface area contributed by atoms with Crippen LogP contribution in [0.15, 0.2) is 41.6 Å². The summed E-state index contributed by atoms with van der Waals surface area (Å²) in [6, 6.07) is 7.53. The van der Waals surface area contributed by atoms with Crippen LogP contribution in [0.4, 0.5) is 5.69 Å². The van der Waals surface area contributed by atoms with Crippen molar-refractivity contribution in [1.82, 2.24) is 15.5 Å². The molecule has 19 heavy (non-hydrogen) atoms. The molecule has 0 saturated carbocycles. The average Bonchev–Trinajstić information content (AvgIpc) is 2.86. The lowest BCUT2D eigenvalue weighted by Gasteiger charge is -2.23. The number of sulfonamides is 1. The standard InChI is InChI=1S/C12H14N4O2S/c17-19(18,11-8-14-15-9-11)16-6-5-13-7-10-3-1-2-4-12(10)16/h1-4,8-9,13H,5-7H2,(H,14,15). The van der Waals surface area contributed by atoms with E-state index in [1.165, 1.54) is 16.7 Å². The van der Waals surface area contributed by atoms with E-state index in [-0.39, 0.29) is 4.90 Å². The molecule has 0 unspecified atom stereocenters. The van der Waals surface area contributed by atoms with Crippen LogP contribution in [-0.4, -0.2) is 31.7 Å². The lowest BCUT2D eigenvalue weighted by Crippen LogP contribution is -2.34. The third kappa shape index (κ3) is 2.11. The SMILES string of the molecule is O=S(=O)(c1cn[nH]c1)N1CCNCc2ccccc21. The normalized spacial score (nSPS) is 15.9. The van der Waals surface area contributed by atoms with Gasteiger partial charge in [0.2, 0.25) is 0 Å². The summed E-state index contributed by atoms with van der Waals surface area (Å²) in [7, 11) is -3.56. The third-order valence-corrected chi connectivity index (χ3v) is 4.91. The maximum Gasteiger partial charge on any atom is 0.267 e. The molecule has 0 spiro atoms. The maximum absolute atomic E-state index is 12.6. The van der Waals surface area contributed by atoms with Gasteiger partial charge < -0.3 is 5.32 Å². The van der Waals surface area contributed by atoms with Crippen LogP contribution < -0.4 is 9.62 Å². The molecule has 0 radical (unpaired) electrons. The summed E-state index contributed by atoms with van der Waals surface area (Å²) >= 11 is 0. The van der Waals surface area contributed by atoms with Crippen molar-refractivity contribution in [3.63, 3.8) is 0 Å². The number of nitrogens with zero attached hydrogens (tertiary/aromatic N) is 2. The number of aromatic amines is 1. The van der Waals surface area contributed by atoms with Crippen LogP contribution in [-0.2, 0) is 16.6 Å². The van der Waals surface area contributed by atoms with Gasteiger partial charge in [-0.2, -0.15) is 5.10 Å². The molecule has 2 aromatic rings. The van der Waals surface area contributed by atoms with Crippen molar-refractivity contribution in [3.8, 4) is 0 Å². The van der Waals surface area contributed by atoms with Crippen LogP contribution >= 0.6 is 0 Å². The Kier molecular flexibility index (Phi) is 3.00. The molecule has 1 aromatic heterocycles. The second kappa shape index (κ2) is 4.67. The van der Waals surface area contributed by atoms with E-state index < -0.39 is 10.0 Å². The first kappa shape index (κ1) is 12.2. The highest BCUT2D eigenvalue weighted by molar-refractivity contribution is 7.92. The minimum Gasteiger partial charge on any atom is -0.311 e. The van der Waals surface area contributed by atoms with E-state index in [0.717, 1.165) is 11.3 Å². The highest BCUT2D eigenvalue weighted by Gasteiger charge is 2.28. The van der Waals surface area contributed by atoms with Gasteiger partial charge in [0.05, 0.1) is 11.9 Å². The third-order valence-electron chi connectivity index (χ3n) is 3.13. The minimum atomic E-state index is -3.56. The molecular weight excluding hydrogens is 264 g/mol. The van der Waals surface area contributed by atoms with E-state index in [2.05, 4.69) is 15.5 Å². The first-order valence-corrected chi connectivity index (χ1v) is 7.44. The molecule has 6 nitrogen and oxygen atoms in total. The molecule has 0 aliphatic carbocycles. The number of anilines is 1. The Bertz CT molecular complexity index is 667. The first-order valence-electron chi connectivity index (χ1n) is 6.00. The van der Waals surface area contributed by atoms with Gasteiger partial charge in [0, 0.05) is 25.8 Å². The molecule has 1 aliphatic heterocycles. The molecule has 1 aliphatic rings. The molecule has 1 aromatic carbocycles. The van der Waals surface area contributed by atoms with Crippen molar-refractivity contribution in [2.24, 2.45) is 0 Å². The minimum absolute atomic E-state index is 0.184. The first-order chi connectivity index (χ1) is 9.19. The number of hydrogen-bond acceptors (Lipinski definition) is 4. The fourth-order valence-electron chi connectivity index (χ4n) is 2.18. The van der Waals surface area contributed by atoms with E-state index in [4.69, 9.17) is 0 Å². The van der Waals surface area contributed by atoms with Crippen LogP contribution in [0.2, 0.25) is 0 Å². The quantitative estimate of drug-likeness (QED) is 0.848. The van der Waals surface area contributed by atoms with Gasteiger partial charge in [-0.25, -0.2) is 8.42 Å². The lowest BCUT2D eigenvalue weighted by atomic mass is 10.2. The number of benzene rings is 1. The van der Waals surface area contributed by atoms with Gasteiger partial charge in [0.1, 0.15) is 4.90 Å². The Morgan fingerprint density at radius 2 is 2.11 bits per heavy atom. The van der Waals surface area contributed by atoms with Crippen molar-refractivity contribution in [1.29, 1.82) is 0 Å². The van der Waals surface area contributed by atoms with Crippen molar-refractivity contribution in [3.05, 3.63) is 42.2 Å². The number of nitrogens with one attached hydrogen (secondary N) is 2. The Morgan fingerprint density at radius 1 is 1.26 bits per heavy atom. The number of hydrogen-bond donors (Lipinski definition) is 2. The van der Waals surface area contributed by atoms with Crippen LogP contribution in [0.1, 0.15) is 5.56 Å². The molecule has 100 valence electrons. The summed E-state index contributed by atoms with van der Waals surface area (Å²) < 4.78 is 26.6. The molecule has 0 fully saturated rings. The Morgan fingerprint density at radius 3 is 2.89 bits per heavy atom. The zero-order valence-electron chi connectivity index (χ0n) is 10.2. The largest absolute Gasteiger partial charge is 0.311 e. The predicted octanol–water partition coefficient (Wildman–Crippen LogP) is 0.708. The van der Waals surface area contributed by atoms with Gasteiger partial charge in [-0.15, -0.1) is 0 Å². The number of fused-ring (bicyclic) bond motifs is 1. The fourth-order valence-corrected chi connectivity index (χ4v) is 3.60. The summed E-state index contributed by atoms with van der Waals surface area (Å²) in [6.45, 7) is 1.70. The zero-order chi connectivity index (χ0) is 13.3. The summed E-state index contributed by atoms with van der Waals surface area (Å²) in [5.41, 5.74) is 1.71. The van der Waals surface area contributed by atoms with Gasteiger partial charge in [-0.1, -0.05) is 18.2 Å². The van der Waals surface area contributed by atoms with Gasteiger partial charge in [-0.05, 0) is 11.6 Å². The average molecular weight is 278 g/mol. The number of H-pyrrole nitrogens is 1. The van der Waals surface area contributed by atoms with E-state index in [0.29, 0.717) is 19.6 Å². The van der Waals surface area contributed by atoms with Gasteiger partial charge in [0.15, 0.2) is 0 Å². The van der Waals surface area contributed by atoms with Crippen LogP contribution in [0.5, 0.6) is 0 Å². The molecule has 0 saturated heterocycles. The molecule has 0 amide bonds. The van der Waals surface area contributed by atoms with Crippen molar-refractivity contribution in [2.45, 2.75) is 11.4 Å². The highest BCUT2D eigenvalue weighted by Crippen LogP contribution is 2.27. The topological polar surface area (TPSA) is 78.1 Å². The Hall–Kier alpha value is -1.86. The number of para-hydroxylation sites is 1. The van der Waals surface area contributed by atoms with Gasteiger partial charge in [0.25, 0.3) is 10.0 Å². The summed E-state index contributed by atoms with van der Waals surface area (Å²) in [5.74, 6) is 0. The molecule has 3 rings (SSSR count). The molecular formula is C12H14N4O2S. The molecule has 2 N–H and O–H groups in total. The summed E-state index contributed by atoms with van der Waals surface area (Å²) in [5, 5.41) is 9.48. The van der Waals surface area contributed by atoms with Gasteiger partial charge in [-0.3, -0.25) is 9.40 Å². The molecule has 7 heteroatoms. The van der Waals surface area contributed by atoms with E-state index in [1.807, 2.05) is 24.3 Å². The van der Waals surface area contributed by atoms with Crippen molar-refractivity contribution in [2.75, 3.05) is 17.4 Å². The molecule has 0 atom stereocenters. The van der Waals surface area contributed by atoms with Crippen molar-refractivity contribution < 1.29 is 8.42 Å². The second-order valence-electron chi connectivity index (χ2n) is 4.32. The van der Waals surface area contributed by atoms with Crippen LogP contribution in [0, 0.1) is 0 Å². The Balaban J connectivity index is 2.10. The predicted molar refractivity (Wildman–Crippen MR) is 71.3 cm³/mol. The lowest BCUT2D eigenvalue weighted by molar-refractivity contribution is 0.589. The van der Waals surface area contributed by atoms with Crippen molar-refractivity contribution >= 4 is 15.7 Å².